The number of nitrogens with zero attached hydrogens (tertiary/aromatic N) is 7. The molecule has 3 aromatic rings. The number of nitrogens with one attached hydrogen (secondary N) is 1. The number of likely N-dealkylation sites (tertiary alicyclic amines) is 1. The second kappa shape index (κ2) is 15.7. The van der Waals surface area contributed by atoms with Gasteiger partial charge in [-0.3, -0.25) is 9.88 Å². The average Bonchev–Trinajstić information content (AvgIpc) is 3.82. The largest absolute Gasteiger partial charge is 0.461 e. The molecule has 0 radical (unpaired) electrons. The first-order chi connectivity index (χ1) is 28.9. The molecule has 1 N–H and O–H groups in total. The number of hydrogen-bond donors (Lipinski definition) is 1. The number of benzene rings is 1. The number of aryl methyl sites for hydroxylation is 1. The van der Waals surface area contributed by atoms with E-state index in [9.17, 15) is 14.9 Å². The topological polar surface area (TPSA) is 155 Å². The van der Waals surface area contributed by atoms with Crippen LogP contribution in [0.3, 0.4) is 0 Å². The lowest BCUT2D eigenvalue weighted by molar-refractivity contribution is -0.00945. The van der Waals surface area contributed by atoms with Crippen molar-refractivity contribution in [2.24, 2.45) is 0 Å². The van der Waals surface area contributed by atoms with Crippen LogP contribution in [-0.2, 0) is 15.9 Å². The van der Waals surface area contributed by atoms with Crippen LogP contribution in [0.4, 0.5) is 28.6 Å². The number of allylic oxidation sites excluding steroid dienone is 2. The van der Waals surface area contributed by atoms with E-state index in [4.69, 9.17) is 23.9 Å². The summed E-state index contributed by atoms with van der Waals surface area (Å²) in [5.41, 5.74) is -1.01. The Hall–Kier alpha value is -5.21. The molecule has 1 aliphatic carbocycles. The van der Waals surface area contributed by atoms with Crippen LogP contribution >= 0.6 is 0 Å². The van der Waals surface area contributed by atoms with Gasteiger partial charge in [-0.1, -0.05) is 0 Å². The van der Waals surface area contributed by atoms with Crippen LogP contribution in [0.25, 0.3) is 27.7 Å². The molecule has 2 unspecified atom stereocenters. The Balaban J connectivity index is 1.17. The van der Waals surface area contributed by atoms with E-state index in [0.717, 1.165) is 38.8 Å². The number of nitriles is 1. The molecule has 10 rings (SSSR count). The van der Waals surface area contributed by atoms with Crippen molar-refractivity contribution in [3.63, 3.8) is 0 Å². The molecule has 2 amide bonds. The number of aromatic nitrogens is 3. The SMILES string of the molecule is COC1(C#N)CCN(C(=O)Oc2cc3c4c(c2)-c2ncc5c(nc(OCC67CCCN6CCC7)nc5c2F)N2CC(F)CC(C)(C2)NC(=O)OCCCC4=C(F)CC3)CC1. The lowest BCUT2D eigenvalue weighted by atomic mass is 9.83. The molecule has 4 saturated heterocycles. The van der Waals surface area contributed by atoms with Crippen LogP contribution in [0.5, 0.6) is 11.8 Å². The monoisotopic (exact) mass is 830 g/mol. The van der Waals surface area contributed by atoms with Crippen molar-refractivity contribution < 1.29 is 41.7 Å². The lowest BCUT2D eigenvalue weighted by Crippen LogP contribution is -2.60. The van der Waals surface area contributed by atoms with E-state index in [1.807, 2.05) is 0 Å². The average molecular weight is 831 g/mol. The predicted octanol–water partition coefficient (Wildman–Crippen LogP) is 6.80. The fourth-order valence-corrected chi connectivity index (χ4v) is 10.3. The molecule has 318 valence electrons. The van der Waals surface area contributed by atoms with Gasteiger partial charge in [0.25, 0.3) is 0 Å². The summed E-state index contributed by atoms with van der Waals surface area (Å²) in [4.78, 5) is 46.4. The van der Waals surface area contributed by atoms with Crippen LogP contribution in [-0.4, -0.2) is 119 Å². The van der Waals surface area contributed by atoms with Crippen LogP contribution in [0, 0.1) is 17.1 Å². The molecule has 0 spiro atoms. The number of anilines is 1. The number of methoxy groups -OCH3 is 1. The number of alkyl carbamates (subject to hydrolysis) is 1. The Labute approximate surface area is 346 Å². The molecule has 60 heavy (non-hydrogen) atoms. The zero-order valence-electron chi connectivity index (χ0n) is 34.0. The highest BCUT2D eigenvalue weighted by Crippen LogP contribution is 2.45. The molecule has 0 saturated carbocycles. The highest BCUT2D eigenvalue weighted by Gasteiger charge is 2.46. The first-order valence-electron chi connectivity index (χ1n) is 21.0. The number of halogens is 3. The van der Waals surface area contributed by atoms with Gasteiger partial charge in [-0.2, -0.15) is 15.2 Å². The summed E-state index contributed by atoms with van der Waals surface area (Å²) >= 11 is 0. The minimum atomic E-state index is -1.38. The Morgan fingerprint density at radius 2 is 1.85 bits per heavy atom. The van der Waals surface area contributed by atoms with Gasteiger partial charge in [-0.05, 0) is 93.8 Å². The van der Waals surface area contributed by atoms with Crippen molar-refractivity contribution >= 4 is 34.5 Å². The third-order valence-electron chi connectivity index (χ3n) is 13.4. The van der Waals surface area contributed by atoms with Gasteiger partial charge in [0.15, 0.2) is 11.4 Å². The number of amides is 2. The van der Waals surface area contributed by atoms with Gasteiger partial charge in [0.2, 0.25) is 0 Å². The normalized spacial score (nSPS) is 25.0. The van der Waals surface area contributed by atoms with E-state index in [1.54, 1.807) is 17.9 Å². The summed E-state index contributed by atoms with van der Waals surface area (Å²) < 4.78 is 72.7. The summed E-state index contributed by atoms with van der Waals surface area (Å²) in [7, 11) is 1.47. The standard InChI is InChI=1S/C43H49F3N8O6/c1-41-20-27(44)22-53(24-41)37-31-21-48-35(34(46)36(31)49-38(50-37)59-25-42-9-4-13-54(42)14-5-10-42)30-19-28(60-40(56)52-15-11-43(23-47,57-2)12-16-52)18-26-7-8-32(45)29(33(26)30)6-3-17-58-39(55)51-41/h18-19,21,27H,3-17,20,22,24-25H2,1-2H3,(H,51,55). The van der Waals surface area contributed by atoms with E-state index in [1.165, 1.54) is 24.3 Å². The highest BCUT2D eigenvalue weighted by molar-refractivity contribution is 5.94. The summed E-state index contributed by atoms with van der Waals surface area (Å²) in [5, 5.41) is 12.7. The summed E-state index contributed by atoms with van der Waals surface area (Å²) in [6.07, 6.45) is 3.92. The quantitative estimate of drug-likeness (QED) is 0.288. The minimum absolute atomic E-state index is 0.00867. The highest BCUT2D eigenvalue weighted by atomic mass is 19.1. The second-order valence-electron chi connectivity index (χ2n) is 17.4. The van der Waals surface area contributed by atoms with Gasteiger partial charge in [-0.15, -0.1) is 0 Å². The number of hydrogen-bond acceptors (Lipinski definition) is 12. The number of fused-ring (bicyclic) bond motifs is 7. The minimum Gasteiger partial charge on any atom is -0.461 e. The molecule has 6 bridgehead atoms. The van der Waals surface area contributed by atoms with E-state index < -0.39 is 35.3 Å². The maximum absolute atomic E-state index is 17.6. The molecule has 2 atom stereocenters. The summed E-state index contributed by atoms with van der Waals surface area (Å²) in [6.45, 7) is 4.38. The molecule has 6 aliphatic heterocycles. The van der Waals surface area contributed by atoms with Crippen LogP contribution in [0.2, 0.25) is 0 Å². The van der Waals surface area contributed by atoms with E-state index in [0.29, 0.717) is 36.1 Å². The first-order valence-corrected chi connectivity index (χ1v) is 21.0. The lowest BCUT2D eigenvalue weighted by Gasteiger charge is -2.42. The molecule has 17 heteroatoms. The number of ether oxygens (including phenoxy) is 4. The number of pyridine rings is 1. The number of rotatable bonds is 5. The van der Waals surface area contributed by atoms with Crippen molar-refractivity contribution in [2.45, 2.75) is 100 Å². The fourth-order valence-electron chi connectivity index (χ4n) is 10.3. The fraction of sp³-hybridized carbons (Fsp3) is 0.581. The van der Waals surface area contributed by atoms with Gasteiger partial charge in [0, 0.05) is 64.2 Å². The zero-order chi connectivity index (χ0) is 41.8. The second-order valence-corrected chi connectivity index (χ2v) is 17.4. The Morgan fingerprint density at radius 1 is 1.07 bits per heavy atom. The summed E-state index contributed by atoms with van der Waals surface area (Å²) in [5.74, 6) is -0.919. The molecular weight excluding hydrogens is 782 g/mol. The van der Waals surface area contributed by atoms with Crippen molar-refractivity contribution in [1.29, 1.82) is 5.26 Å². The smallest absolute Gasteiger partial charge is 0.415 e. The van der Waals surface area contributed by atoms with Gasteiger partial charge < -0.3 is 34.1 Å². The Bertz CT molecular complexity index is 2290. The van der Waals surface area contributed by atoms with Gasteiger partial charge in [0.1, 0.15) is 41.4 Å². The van der Waals surface area contributed by atoms with Crippen molar-refractivity contribution in [3.05, 3.63) is 41.1 Å². The van der Waals surface area contributed by atoms with E-state index >= 15 is 13.2 Å². The molecular formula is C43H49F3N8O6. The van der Waals surface area contributed by atoms with Gasteiger partial charge in [-0.25, -0.2) is 22.8 Å². The number of carbonyl (C=O) groups excluding carboxylic acids is 2. The van der Waals surface area contributed by atoms with Crippen LogP contribution in [0.1, 0.15) is 82.3 Å². The Kier molecular flexibility index (Phi) is 10.5. The molecule has 1 aromatic carbocycles. The maximum Gasteiger partial charge on any atom is 0.415 e. The first kappa shape index (κ1) is 40.2. The number of piperidine rings is 2. The van der Waals surface area contributed by atoms with Gasteiger partial charge >= 0.3 is 18.2 Å². The van der Waals surface area contributed by atoms with Crippen molar-refractivity contribution in [3.8, 4) is 29.1 Å². The van der Waals surface area contributed by atoms with E-state index in [-0.39, 0.29) is 116 Å². The third kappa shape index (κ3) is 7.35. The molecule has 14 nitrogen and oxygen atoms in total. The van der Waals surface area contributed by atoms with Gasteiger partial charge in [0.05, 0.1) is 35.7 Å². The zero-order valence-corrected chi connectivity index (χ0v) is 34.0. The Morgan fingerprint density at radius 3 is 2.60 bits per heavy atom. The number of alkyl halides is 1. The molecule has 7 aliphatic rings. The summed E-state index contributed by atoms with van der Waals surface area (Å²) in [6, 6.07) is 5.27. The van der Waals surface area contributed by atoms with Crippen molar-refractivity contribution in [2.75, 3.05) is 64.5 Å². The molecule has 8 heterocycles. The van der Waals surface area contributed by atoms with E-state index in [2.05, 4.69) is 26.3 Å². The molecule has 4 fully saturated rings. The van der Waals surface area contributed by atoms with Crippen molar-refractivity contribution in [1.82, 2.24) is 30.1 Å². The molecule has 2 aromatic heterocycles. The predicted molar refractivity (Wildman–Crippen MR) is 213 cm³/mol. The third-order valence-corrected chi connectivity index (χ3v) is 13.4. The van der Waals surface area contributed by atoms with Crippen LogP contribution < -0.4 is 19.7 Å². The maximum atomic E-state index is 17.6. The van der Waals surface area contributed by atoms with Crippen LogP contribution in [0.15, 0.2) is 24.2 Å². The number of carbonyl (C=O) groups is 2.